The van der Waals surface area contributed by atoms with Crippen LogP contribution in [0.15, 0.2) is 23.1 Å². The van der Waals surface area contributed by atoms with Crippen molar-refractivity contribution in [3.05, 3.63) is 23.8 Å². The number of likely N-dealkylation sites (N-methyl/N-ethyl adjacent to an activating group) is 1. The molecule has 3 rings (SSSR count). The molecule has 30 heavy (non-hydrogen) atoms. The molecule has 2 aliphatic rings. The molecule has 1 atom stereocenters. The quantitative estimate of drug-likeness (QED) is 0.628. The van der Waals surface area contributed by atoms with Crippen LogP contribution in [0.4, 0.5) is 5.69 Å². The smallest absolute Gasteiger partial charge is 0.245 e. The number of halogens is 1. The number of anilines is 1. The molecule has 2 saturated heterocycles. The Morgan fingerprint density at radius 1 is 1.27 bits per heavy atom. The first-order valence-electron chi connectivity index (χ1n) is 9.94. The summed E-state index contributed by atoms with van der Waals surface area (Å²) in [5.41, 5.74) is 3.81. The number of nitrogens with zero attached hydrogens (tertiary/aromatic N) is 3. The van der Waals surface area contributed by atoms with Crippen LogP contribution in [0.1, 0.15) is 18.4 Å². The molecule has 2 amide bonds. The summed E-state index contributed by atoms with van der Waals surface area (Å²) < 4.78 is 27.9. The average molecular weight is 458 g/mol. The second-order valence-electron chi connectivity index (χ2n) is 7.73. The summed E-state index contributed by atoms with van der Waals surface area (Å²) in [4.78, 5) is 26.6. The lowest BCUT2D eigenvalue weighted by Gasteiger charge is -2.29. The number of hydrogen-bond donors (Lipinski definition) is 2. The van der Waals surface area contributed by atoms with Crippen molar-refractivity contribution < 1.29 is 18.0 Å². The van der Waals surface area contributed by atoms with Gasteiger partial charge in [-0.25, -0.2) is 13.8 Å². The molecule has 0 aliphatic carbocycles. The molecule has 0 aromatic heterocycles. The van der Waals surface area contributed by atoms with Crippen LogP contribution in [-0.4, -0.2) is 86.1 Å². The highest BCUT2D eigenvalue weighted by Gasteiger charge is 2.29. The monoisotopic (exact) mass is 457 g/mol. The Hall–Kier alpha value is -1.72. The third kappa shape index (κ3) is 5.50. The molecule has 1 aromatic rings. The summed E-state index contributed by atoms with van der Waals surface area (Å²) in [6, 6.07) is 4.81. The minimum Gasteiger partial charge on any atom is -0.324 e. The summed E-state index contributed by atoms with van der Waals surface area (Å²) in [5, 5.41) is 3.62. The van der Waals surface area contributed by atoms with E-state index in [4.69, 9.17) is 11.6 Å². The fraction of sp³-hybridized carbons (Fsp3) is 0.579. The van der Waals surface area contributed by atoms with Gasteiger partial charge in [0.25, 0.3) is 0 Å². The molecule has 1 aromatic carbocycles. The first-order valence-corrected chi connectivity index (χ1v) is 11.8. The summed E-state index contributed by atoms with van der Waals surface area (Å²) in [5.74, 6) is -0.679. The second-order valence-corrected chi connectivity index (χ2v) is 10.3. The van der Waals surface area contributed by atoms with Crippen molar-refractivity contribution in [3.63, 3.8) is 0 Å². The van der Waals surface area contributed by atoms with Gasteiger partial charge in [0, 0.05) is 38.3 Å². The van der Waals surface area contributed by atoms with E-state index >= 15 is 0 Å². The highest BCUT2D eigenvalue weighted by molar-refractivity contribution is 7.89. The van der Waals surface area contributed by atoms with Crippen LogP contribution in [0.2, 0.25) is 0 Å². The Morgan fingerprint density at radius 2 is 2.03 bits per heavy atom. The van der Waals surface area contributed by atoms with Crippen molar-refractivity contribution in [2.75, 3.05) is 51.6 Å². The Bertz CT molecular complexity index is 910. The maximum Gasteiger partial charge on any atom is 0.245 e. The van der Waals surface area contributed by atoms with Gasteiger partial charge < -0.3 is 10.2 Å². The van der Waals surface area contributed by atoms with E-state index in [1.165, 1.54) is 15.4 Å². The van der Waals surface area contributed by atoms with Crippen molar-refractivity contribution in [2.24, 2.45) is 0 Å². The molecular weight excluding hydrogens is 430 g/mol. The molecule has 166 valence electrons. The average Bonchev–Trinajstić information content (AvgIpc) is 2.90. The molecule has 2 aliphatic heterocycles. The minimum absolute atomic E-state index is 0.166. The maximum absolute atomic E-state index is 13.2. The van der Waals surface area contributed by atoms with E-state index in [0.717, 1.165) is 13.0 Å². The lowest BCUT2D eigenvalue weighted by Crippen LogP contribution is -2.53. The van der Waals surface area contributed by atoms with Gasteiger partial charge in [0.2, 0.25) is 21.8 Å². The largest absolute Gasteiger partial charge is 0.324 e. The third-order valence-electron chi connectivity index (χ3n) is 5.27. The summed E-state index contributed by atoms with van der Waals surface area (Å²) >= 11 is 5.93. The van der Waals surface area contributed by atoms with Crippen molar-refractivity contribution in [1.82, 2.24) is 19.6 Å². The van der Waals surface area contributed by atoms with Crippen molar-refractivity contribution in [3.8, 4) is 0 Å². The Kier molecular flexibility index (Phi) is 7.35. The number of hydrazine groups is 1. The SMILES string of the molecule is Cc1ccc(NC(=O)CN2NCC(Cl)CC2=O)cc1S(=O)(=O)N1CCCN(C)CC1. The Morgan fingerprint density at radius 3 is 2.77 bits per heavy atom. The molecule has 1 unspecified atom stereocenters. The molecule has 2 heterocycles. The first-order chi connectivity index (χ1) is 14.2. The number of nitrogens with one attached hydrogen (secondary N) is 2. The van der Waals surface area contributed by atoms with Crippen molar-refractivity contribution in [1.29, 1.82) is 0 Å². The van der Waals surface area contributed by atoms with Crippen LogP contribution in [-0.2, 0) is 19.6 Å². The van der Waals surface area contributed by atoms with Gasteiger partial charge in [0.15, 0.2) is 0 Å². The number of aryl methyl sites for hydroxylation is 1. The van der Waals surface area contributed by atoms with Crippen LogP contribution in [0.5, 0.6) is 0 Å². The fourth-order valence-electron chi connectivity index (χ4n) is 3.52. The molecule has 2 N–H and O–H groups in total. The normalized spacial score (nSPS) is 22.0. The number of rotatable bonds is 5. The number of carbonyl (C=O) groups excluding carboxylic acids is 2. The van der Waals surface area contributed by atoms with Crippen molar-refractivity contribution in [2.45, 2.75) is 30.0 Å². The van der Waals surface area contributed by atoms with E-state index in [0.29, 0.717) is 37.4 Å². The van der Waals surface area contributed by atoms with Crippen LogP contribution < -0.4 is 10.7 Å². The Balaban J connectivity index is 1.71. The zero-order valence-electron chi connectivity index (χ0n) is 17.2. The zero-order chi connectivity index (χ0) is 21.9. The number of benzene rings is 1. The van der Waals surface area contributed by atoms with Crippen LogP contribution in [0.25, 0.3) is 0 Å². The number of carbonyl (C=O) groups is 2. The minimum atomic E-state index is -3.68. The lowest BCUT2D eigenvalue weighted by atomic mass is 10.2. The molecule has 0 spiro atoms. The standard InChI is InChI=1S/C19H28ClN5O4S/c1-14-4-5-16(22-18(26)13-25-19(27)10-15(20)12-21-25)11-17(14)30(28,29)24-7-3-6-23(2)8-9-24/h4-5,11,15,21H,3,6-10,12-13H2,1-2H3,(H,22,26). The van der Waals surface area contributed by atoms with Crippen LogP contribution in [0, 0.1) is 6.92 Å². The first kappa shape index (κ1) is 23.0. The molecular formula is C19H28ClN5O4S. The van der Waals surface area contributed by atoms with Crippen molar-refractivity contribution >= 4 is 39.1 Å². The predicted octanol–water partition coefficient (Wildman–Crippen LogP) is 0.604. The molecule has 0 radical (unpaired) electrons. The lowest BCUT2D eigenvalue weighted by molar-refractivity contribution is -0.140. The van der Waals surface area contributed by atoms with Gasteiger partial charge in [0.1, 0.15) is 6.54 Å². The molecule has 0 bridgehead atoms. The number of amides is 2. The van der Waals surface area contributed by atoms with E-state index in [2.05, 4.69) is 15.6 Å². The number of alkyl halides is 1. The summed E-state index contributed by atoms with van der Waals surface area (Å²) in [6.45, 7) is 4.38. The van der Waals surface area contributed by atoms with Gasteiger partial charge in [-0.15, -0.1) is 11.6 Å². The number of hydrogen-bond acceptors (Lipinski definition) is 6. The van der Waals surface area contributed by atoms with Gasteiger partial charge in [-0.1, -0.05) is 6.07 Å². The van der Waals surface area contributed by atoms with E-state index in [1.807, 2.05) is 7.05 Å². The second kappa shape index (κ2) is 9.61. The molecule has 11 heteroatoms. The molecule has 9 nitrogen and oxygen atoms in total. The Labute approximate surface area is 182 Å². The van der Waals surface area contributed by atoms with Gasteiger partial charge >= 0.3 is 0 Å². The van der Waals surface area contributed by atoms with Gasteiger partial charge in [-0.2, -0.15) is 4.31 Å². The molecule has 0 saturated carbocycles. The van der Waals surface area contributed by atoms with E-state index in [-0.39, 0.29) is 29.1 Å². The summed E-state index contributed by atoms with van der Waals surface area (Å²) in [7, 11) is -1.70. The molecule has 2 fully saturated rings. The van der Waals surface area contributed by atoms with Crippen LogP contribution in [0.3, 0.4) is 0 Å². The fourth-order valence-corrected chi connectivity index (χ4v) is 5.44. The van der Waals surface area contributed by atoms with Crippen LogP contribution >= 0.6 is 11.6 Å². The van der Waals surface area contributed by atoms with Gasteiger partial charge in [0.05, 0.1) is 10.3 Å². The van der Waals surface area contributed by atoms with E-state index in [1.54, 1.807) is 19.1 Å². The van der Waals surface area contributed by atoms with Gasteiger partial charge in [-0.05, 0) is 44.6 Å². The third-order valence-corrected chi connectivity index (χ3v) is 7.62. The van der Waals surface area contributed by atoms with E-state index < -0.39 is 15.9 Å². The highest BCUT2D eigenvalue weighted by atomic mass is 35.5. The summed E-state index contributed by atoms with van der Waals surface area (Å²) in [6.07, 6.45) is 0.936. The highest BCUT2D eigenvalue weighted by Crippen LogP contribution is 2.24. The van der Waals surface area contributed by atoms with E-state index in [9.17, 15) is 18.0 Å². The topological polar surface area (TPSA) is 102 Å². The maximum atomic E-state index is 13.2. The zero-order valence-corrected chi connectivity index (χ0v) is 18.8. The van der Waals surface area contributed by atoms with Gasteiger partial charge in [-0.3, -0.25) is 14.6 Å². The number of sulfonamides is 1. The predicted molar refractivity (Wildman–Crippen MR) is 115 cm³/mol.